The molecule has 3 aliphatic carbocycles. The number of fused-ring (bicyclic) bond motifs is 3. The van der Waals surface area contributed by atoms with Crippen LogP contribution >= 0.6 is 0 Å². The second-order valence-electron chi connectivity index (χ2n) is 10.2. The molecule has 0 saturated heterocycles. The molecule has 184 valence electrons. The summed E-state index contributed by atoms with van der Waals surface area (Å²) in [7, 11) is 0. The van der Waals surface area contributed by atoms with Crippen molar-refractivity contribution in [2.75, 3.05) is 6.61 Å². The Morgan fingerprint density at radius 1 is 0.943 bits per heavy atom. The van der Waals surface area contributed by atoms with Crippen LogP contribution in [-0.4, -0.2) is 41.3 Å². The van der Waals surface area contributed by atoms with Crippen LogP contribution in [0.25, 0.3) is 11.1 Å². The highest BCUT2D eigenvalue weighted by Gasteiger charge is 2.47. The molecular weight excluding hydrogens is 444 g/mol. The summed E-state index contributed by atoms with van der Waals surface area (Å²) in [4.78, 5) is 37.2. The molecule has 1 unspecified atom stereocenters. The molecule has 5 rings (SSSR count). The number of alkyl carbamates (subject to hydrolysis) is 1. The molecule has 7 heteroatoms. The van der Waals surface area contributed by atoms with Gasteiger partial charge < -0.3 is 20.5 Å². The van der Waals surface area contributed by atoms with Crippen LogP contribution in [-0.2, 0) is 14.3 Å². The van der Waals surface area contributed by atoms with Crippen molar-refractivity contribution in [3.05, 3.63) is 59.7 Å². The number of amides is 2. The van der Waals surface area contributed by atoms with Gasteiger partial charge in [-0.25, -0.2) is 9.59 Å². The summed E-state index contributed by atoms with van der Waals surface area (Å²) in [5.41, 5.74) is 3.97. The van der Waals surface area contributed by atoms with Crippen molar-refractivity contribution in [3.8, 4) is 11.1 Å². The number of carbonyl (C=O) groups excluding carboxylic acids is 2. The minimum atomic E-state index is -0.986. The van der Waals surface area contributed by atoms with Gasteiger partial charge in [-0.1, -0.05) is 67.8 Å². The third-order valence-electron chi connectivity index (χ3n) is 7.77. The zero-order chi connectivity index (χ0) is 24.4. The molecule has 3 aliphatic rings. The molecule has 0 spiro atoms. The highest BCUT2D eigenvalue weighted by atomic mass is 16.5. The molecule has 0 aromatic heterocycles. The van der Waals surface area contributed by atoms with E-state index in [9.17, 15) is 19.5 Å². The first-order valence-corrected chi connectivity index (χ1v) is 12.6. The Labute approximate surface area is 205 Å². The van der Waals surface area contributed by atoms with Gasteiger partial charge in [-0.15, -0.1) is 0 Å². The van der Waals surface area contributed by atoms with Gasteiger partial charge in [-0.2, -0.15) is 0 Å². The maximum Gasteiger partial charge on any atom is 0.407 e. The van der Waals surface area contributed by atoms with Gasteiger partial charge in [0.2, 0.25) is 5.91 Å². The molecule has 35 heavy (non-hydrogen) atoms. The first-order valence-electron chi connectivity index (χ1n) is 12.6. The van der Waals surface area contributed by atoms with Crippen LogP contribution in [0.2, 0.25) is 0 Å². The van der Waals surface area contributed by atoms with E-state index < -0.39 is 23.6 Å². The maximum absolute atomic E-state index is 12.7. The molecular formula is C28H32N2O5. The number of carbonyl (C=O) groups is 3. The summed E-state index contributed by atoms with van der Waals surface area (Å²) in [6.45, 7) is 0.213. The van der Waals surface area contributed by atoms with E-state index in [1.165, 1.54) is 11.1 Å². The van der Waals surface area contributed by atoms with Crippen molar-refractivity contribution in [3.63, 3.8) is 0 Å². The van der Waals surface area contributed by atoms with E-state index >= 15 is 0 Å². The molecule has 0 bridgehead atoms. The zero-order valence-corrected chi connectivity index (χ0v) is 19.8. The molecule has 0 aliphatic heterocycles. The average Bonchev–Trinajstić information content (AvgIpc) is 3.53. The fourth-order valence-corrected chi connectivity index (χ4v) is 5.73. The molecule has 3 N–H and O–H groups in total. The summed E-state index contributed by atoms with van der Waals surface area (Å²) >= 11 is 0. The van der Waals surface area contributed by atoms with E-state index in [1.54, 1.807) is 0 Å². The van der Waals surface area contributed by atoms with Gasteiger partial charge in [0.15, 0.2) is 0 Å². The fraction of sp³-hybridized carbons (Fsp3) is 0.464. The molecule has 0 radical (unpaired) electrons. The molecule has 7 nitrogen and oxygen atoms in total. The van der Waals surface area contributed by atoms with Gasteiger partial charge in [0.1, 0.15) is 12.6 Å². The first-order chi connectivity index (χ1) is 17.0. The number of hydrogen-bond donors (Lipinski definition) is 3. The van der Waals surface area contributed by atoms with Crippen LogP contribution in [0, 0.1) is 5.92 Å². The fourth-order valence-electron chi connectivity index (χ4n) is 5.73. The number of rotatable bonds is 8. The number of nitrogens with one attached hydrogen (secondary N) is 2. The Morgan fingerprint density at radius 3 is 2.11 bits per heavy atom. The molecule has 2 saturated carbocycles. The Bertz CT molecular complexity index is 1070. The maximum atomic E-state index is 12.7. The summed E-state index contributed by atoms with van der Waals surface area (Å²) in [5, 5.41) is 15.2. The van der Waals surface area contributed by atoms with Gasteiger partial charge in [-0.3, -0.25) is 4.79 Å². The third-order valence-corrected chi connectivity index (χ3v) is 7.77. The highest BCUT2D eigenvalue weighted by Crippen LogP contribution is 2.44. The van der Waals surface area contributed by atoms with E-state index in [1.807, 2.05) is 24.3 Å². The quantitative estimate of drug-likeness (QED) is 0.517. The van der Waals surface area contributed by atoms with Crippen LogP contribution < -0.4 is 10.6 Å². The van der Waals surface area contributed by atoms with Crippen LogP contribution in [0.1, 0.15) is 68.4 Å². The lowest BCUT2D eigenvalue weighted by Gasteiger charge is -2.28. The van der Waals surface area contributed by atoms with Gasteiger partial charge in [0.25, 0.3) is 0 Å². The van der Waals surface area contributed by atoms with E-state index in [4.69, 9.17) is 4.74 Å². The van der Waals surface area contributed by atoms with Crippen LogP contribution in [0.15, 0.2) is 48.5 Å². The summed E-state index contributed by atoms with van der Waals surface area (Å²) < 4.78 is 5.64. The Hall–Kier alpha value is -3.35. The lowest BCUT2D eigenvalue weighted by Crippen LogP contribution is -2.49. The number of hydrogen-bond acceptors (Lipinski definition) is 4. The Balaban J connectivity index is 1.16. The predicted molar refractivity (Wildman–Crippen MR) is 131 cm³/mol. The zero-order valence-electron chi connectivity index (χ0n) is 19.8. The lowest BCUT2D eigenvalue weighted by atomic mass is 9.84. The number of carboxylic acids is 1. The van der Waals surface area contributed by atoms with Crippen LogP contribution in [0.5, 0.6) is 0 Å². The van der Waals surface area contributed by atoms with Gasteiger partial charge >= 0.3 is 12.1 Å². The lowest BCUT2D eigenvalue weighted by molar-refractivity contribution is -0.144. The van der Waals surface area contributed by atoms with Gasteiger partial charge in [-0.05, 0) is 53.9 Å². The van der Waals surface area contributed by atoms with Crippen LogP contribution in [0.4, 0.5) is 4.79 Å². The molecule has 1 atom stereocenters. The SMILES string of the molecule is O=C(CC1(NC(=O)OCC2c3ccccc3-c3ccccc32)CC1)NC(C(=O)O)C1CCCCC1. The molecule has 0 heterocycles. The van der Waals surface area contributed by atoms with Crippen molar-refractivity contribution in [2.45, 2.75) is 68.9 Å². The molecule has 2 fully saturated rings. The number of ether oxygens (including phenoxy) is 1. The van der Waals surface area contributed by atoms with Crippen molar-refractivity contribution in [2.24, 2.45) is 5.92 Å². The predicted octanol–water partition coefficient (Wildman–Crippen LogP) is 4.60. The summed E-state index contributed by atoms with van der Waals surface area (Å²) in [5.74, 6) is -1.38. The first kappa shape index (κ1) is 23.4. The van der Waals surface area contributed by atoms with Crippen LogP contribution in [0.3, 0.4) is 0 Å². The van der Waals surface area contributed by atoms with Crippen molar-refractivity contribution in [1.82, 2.24) is 10.6 Å². The van der Waals surface area contributed by atoms with E-state index in [-0.39, 0.29) is 30.8 Å². The molecule has 2 amide bonds. The number of benzene rings is 2. The Morgan fingerprint density at radius 2 is 1.54 bits per heavy atom. The van der Waals surface area contributed by atoms with Crippen molar-refractivity contribution in [1.29, 1.82) is 0 Å². The number of aliphatic carboxylic acids is 1. The third kappa shape index (κ3) is 5.04. The molecule has 2 aromatic rings. The minimum Gasteiger partial charge on any atom is -0.480 e. The highest BCUT2D eigenvalue weighted by molar-refractivity contribution is 5.85. The van der Waals surface area contributed by atoms with Gasteiger partial charge in [0.05, 0.1) is 5.54 Å². The smallest absolute Gasteiger partial charge is 0.407 e. The van der Waals surface area contributed by atoms with E-state index in [0.717, 1.165) is 43.2 Å². The second-order valence-corrected chi connectivity index (χ2v) is 10.2. The van der Waals surface area contributed by atoms with E-state index in [2.05, 4.69) is 34.9 Å². The molecule has 2 aromatic carbocycles. The summed E-state index contributed by atoms with van der Waals surface area (Å²) in [6, 6.07) is 15.5. The minimum absolute atomic E-state index is 0.0292. The average molecular weight is 477 g/mol. The van der Waals surface area contributed by atoms with Gasteiger partial charge in [0, 0.05) is 12.3 Å². The van der Waals surface area contributed by atoms with Crippen molar-refractivity contribution < 1.29 is 24.2 Å². The second kappa shape index (κ2) is 9.72. The van der Waals surface area contributed by atoms with Crippen molar-refractivity contribution >= 4 is 18.0 Å². The standard InChI is InChI=1S/C28H32N2O5/c31-24(29-25(26(32)33)18-8-2-1-3-9-18)16-28(14-15-28)30-27(34)35-17-23-21-12-6-4-10-19(21)20-11-5-7-13-22(20)23/h4-7,10-13,18,23,25H,1-3,8-9,14-17H2,(H,29,31)(H,30,34)(H,32,33). The van der Waals surface area contributed by atoms with E-state index in [0.29, 0.717) is 12.8 Å². The Kier molecular flexibility index (Phi) is 6.50. The largest absolute Gasteiger partial charge is 0.480 e. The summed E-state index contributed by atoms with van der Waals surface area (Å²) in [6.07, 6.45) is 5.62. The monoisotopic (exact) mass is 476 g/mol. The normalized spacial score (nSPS) is 19.2. The number of carboxylic acid groups (broad SMARTS) is 1. The topological polar surface area (TPSA) is 105 Å².